The summed E-state index contributed by atoms with van der Waals surface area (Å²) in [6, 6.07) is 6.23. The van der Waals surface area contributed by atoms with Gasteiger partial charge in [-0.05, 0) is 46.1 Å². The number of ether oxygens (including phenoxy) is 1. The first-order valence-corrected chi connectivity index (χ1v) is 6.45. The molecule has 1 rings (SSSR count). The van der Waals surface area contributed by atoms with E-state index in [1.54, 1.807) is 7.11 Å². The third kappa shape index (κ3) is 3.21. The monoisotopic (exact) mass is 300 g/mol. The summed E-state index contributed by atoms with van der Waals surface area (Å²) >= 11 is 3.51. The van der Waals surface area contributed by atoms with Crippen molar-refractivity contribution in [2.75, 3.05) is 21.2 Å². The first-order chi connectivity index (χ1) is 7.96. The van der Waals surface area contributed by atoms with Gasteiger partial charge in [0.15, 0.2) is 0 Å². The van der Waals surface area contributed by atoms with E-state index in [2.05, 4.69) is 46.5 Å². The highest BCUT2D eigenvalue weighted by Gasteiger charge is 2.30. The third-order valence-corrected chi connectivity index (χ3v) is 3.65. The minimum Gasteiger partial charge on any atom is -0.496 e. The van der Waals surface area contributed by atoms with E-state index in [-0.39, 0.29) is 11.6 Å². The summed E-state index contributed by atoms with van der Waals surface area (Å²) in [6.45, 7) is 4.32. The van der Waals surface area contributed by atoms with E-state index in [1.807, 2.05) is 26.2 Å². The fourth-order valence-electron chi connectivity index (χ4n) is 1.98. The molecule has 0 aromatic heterocycles. The average Bonchev–Trinajstić information content (AvgIpc) is 2.30. The summed E-state index contributed by atoms with van der Waals surface area (Å²) in [4.78, 5) is 0. The molecule has 0 saturated heterocycles. The van der Waals surface area contributed by atoms with Gasteiger partial charge in [-0.15, -0.1) is 0 Å². The normalized spacial score (nSPS) is 13.5. The second kappa shape index (κ2) is 5.85. The summed E-state index contributed by atoms with van der Waals surface area (Å²) < 4.78 is 6.49. The Hall–Kier alpha value is -0.580. The lowest BCUT2D eigenvalue weighted by molar-refractivity contribution is 0.300. The highest BCUT2D eigenvalue weighted by atomic mass is 79.9. The molecule has 96 valence electrons. The predicted molar refractivity (Wildman–Crippen MR) is 75.6 cm³/mol. The number of nitrogens with one attached hydrogen (secondary N) is 2. The maximum Gasteiger partial charge on any atom is 0.123 e. The number of hydrogen-bond acceptors (Lipinski definition) is 3. The zero-order chi connectivity index (χ0) is 13.1. The van der Waals surface area contributed by atoms with Crippen LogP contribution in [0.5, 0.6) is 5.75 Å². The summed E-state index contributed by atoms with van der Waals surface area (Å²) in [5.41, 5.74) is 1.08. The highest BCUT2D eigenvalue weighted by molar-refractivity contribution is 9.10. The maximum atomic E-state index is 5.43. The van der Waals surface area contributed by atoms with Gasteiger partial charge in [-0.3, -0.25) is 0 Å². The van der Waals surface area contributed by atoms with Gasteiger partial charge in [0.05, 0.1) is 13.2 Å². The van der Waals surface area contributed by atoms with Crippen LogP contribution in [0.2, 0.25) is 0 Å². The van der Waals surface area contributed by atoms with Gasteiger partial charge in [-0.1, -0.05) is 15.9 Å². The molecule has 0 radical (unpaired) electrons. The van der Waals surface area contributed by atoms with Crippen LogP contribution in [0.4, 0.5) is 0 Å². The summed E-state index contributed by atoms with van der Waals surface area (Å²) in [6.07, 6.45) is 0. The molecule has 0 aliphatic carbocycles. The minimum atomic E-state index is -0.0666. The second-order valence-corrected chi connectivity index (χ2v) is 5.50. The van der Waals surface area contributed by atoms with Gasteiger partial charge >= 0.3 is 0 Å². The quantitative estimate of drug-likeness (QED) is 0.877. The van der Waals surface area contributed by atoms with Gasteiger partial charge in [-0.2, -0.15) is 0 Å². The molecule has 17 heavy (non-hydrogen) atoms. The number of hydrogen-bond donors (Lipinski definition) is 2. The number of rotatable bonds is 5. The Labute approximate surface area is 112 Å². The van der Waals surface area contributed by atoms with Crippen LogP contribution in [-0.4, -0.2) is 26.7 Å². The topological polar surface area (TPSA) is 33.3 Å². The highest BCUT2D eigenvalue weighted by Crippen LogP contribution is 2.33. The maximum absolute atomic E-state index is 5.43. The van der Waals surface area contributed by atoms with Crippen LogP contribution >= 0.6 is 15.9 Å². The predicted octanol–water partition coefficient (Wildman–Crippen LogP) is 2.72. The van der Waals surface area contributed by atoms with Crippen LogP contribution in [0.1, 0.15) is 25.5 Å². The Kier molecular flexibility index (Phi) is 4.98. The zero-order valence-corrected chi connectivity index (χ0v) is 12.7. The van der Waals surface area contributed by atoms with E-state index in [1.165, 1.54) is 0 Å². The van der Waals surface area contributed by atoms with Gasteiger partial charge in [0.1, 0.15) is 5.75 Å². The van der Waals surface area contributed by atoms with Gasteiger partial charge in [0.2, 0.25) is 0 Å². The first kappa shape index (κ1) is 14.5. The second-order valence-electron chi connectivity index (χ2n) is 4.58. The number of benzene rings is 1. The van der Waals surface area contributed by atoms with Crippen molar-refractivity contribution in [2.45, 2.75) is 25.4 Å². The van der Waals surface area contributed by atoms with Gasteiger partial charge in [0, 0.05) is 15.6 Å². The molecule has 0 heterocycles. The summed E-state index contributed by atoms with van der Waals surface area (Å²) in [7, 11) is 5.63. The fraction of sp³-hybridized carbons (Fsp3) is 0.538. The molecule has 0 amide bonds. The molecule has 3 nitrogen and oxygen atoms in total. The van der Waals surface area contributed by atoms with Crippen LogP contribution in [0.25, 0.3) is 0 Å². The lowest BCUT2D eigenvalue weighted by Gasteiger charge is -2.35. The van der Waals surface area contributed by atoms with E-state index in [0.717, 1.165) is 15.8 Å². The van der Waals surface area contributed by atoms with E-state index in [9.17, 15) is 0 Å². The molecule has 1 aromatic carbocycles. The van der Waals surface area contributed by atoms with Crippen molar-refractivity contribution >= 4 is 15.9 Å². The number of likely N-dealkylation sites (N-methyl/N-ethyl adjacent to an activating group) is 2. The van der Waals surface area contributed by atoms with Crippen LogP contribution in [0, 0.1) is 0 Å². The lowest BCUT2D eigenvalue weighted by atomic mass is 9.88. The lowest BCUT2D eigenvalue weighted by Crippen LogP contribution is -2.47. The van der Waals surface area contributed by atoms with Crippen molar-refractivity contribution in [1.82, 2.24) is 10.6 Å². The molecular weight excluding hydrogens is 280 g/mol. The number of methoxy groups -OCH3 is 1. The Balaban J connectivity index is 3.23. The zero-order valence-electron chi connectivity index (χ0n) is 11.1. The molecule has 0 aliphatic heterocycles. The van der Waals surface area contributed by atoms with Crippen LogP contribution < -0.4 is 15.4 Å². The van der Waals surface area contributed by atoms with Crippen molar-refractivity contribution in [3.05, 3.63) is 28.2 Å². The van der Waals surface area contributed by atoms with Crippen LogP contribution in [0.15, 0.2) is 22.7 Å². The molecule has 1 unspecified atom stereocenters. The summed E-state index contributed by atoms with van der Waals surface area (Å²) in [5, 5.41) is 6.68. The Morgan fingerprint density at radius 3 is 2.41 bits per heavy atom. The largest absolute Gasteiger partial charge is 0.496 e. The van der Waals surface area contributed by atoms with Crippen molar-refractivity contribution in [3.8, 4) is 5.75 Å². The molecule has 0 aliphatic rings. The van der Waals surface area contributed by atoms with E-state index in [0.29, 0.717) is 0 Å². The molecule has 0 spiro atoms. The Bertz CT molecular complexity index is 380. The molecule has 1 aromatic rings. The van der Waals surface area contributed by atoms with Gasteiger partial charge in [0.25, 0.3) is 0 Å². The SMILES string of the molecule is CNC(c1cc(Br)ccc1OC)C(C)(C)NC. The van der Waals surface area contributed by atoms with Crippen LogP contribution in [-0.2, 0) is 0 Å². The van der Waals surface area contributed by atoms with Crippen molar-refractivity contribution in [2.24, 2.45) is 0 Å². The first-order valence-electron chi connectivity index (χ1n) is 5.66. The molecule has 0 bridgehead atoms. The average molecular weight is 301 g/mol. The molecular formula is C13H21BrN2O. The van der Waals surface area contributed by atoms with E-state index in [4.69, 9.17) is 4.74 Å². The summed E-state index contributed by atoms with van der Waals surface area (Å²) in [5.74, 6) is 0.899. The fourth-order valence-corrected chi connectivity index (χ4v) is 2.36. The molecule has 0 saturated carbocycles. The molecule has 4 heteroatoms. The van der Waals surface area contributed by atoms with E-state index >= 15 is 0 Å². The minimum absolute atomic E-state index is 0.0666. The smallest absolute Gasteiger partial charge is 0.123 e. The third-order valence-electron chi connectivity index (χ3n) is 3.16. The van der Waals surface area contributed by atoms with Gasteiger partial charge < -0.3 is 15.4 Å². The van der Waals surface area contributed by atoms with E-state index < -0.39 is 0 Å². The standard InChI is InChI=1S/C13H21BrN2O/c1-13(2,16-4)12(15-3)10-8-9(14)6-7-11(10)17-5/h6-8,12,15-16H,1-5H3. The van der Waals surface area contributed by atoms with Crippen LogP contribution in [0.3, 0.4) is 0 Å². The Morgan fingerprint density at radius 1 is 1.29 bits per heavy atom. The number of halogens is 1. The van der Waals surface area contributed by atoms with Crippen molar-refractivity contribution in [1.29, 1.82) is 0 Å². The molecule has 2 N–H and O–H groups in total. The molecule has 1 atom stereocenters. The van der Waals surface area contributed by atoms with Crippen molar-refractivity contribution in [3.63, 3.8) is 0 Å². The van der Waals surface area contributed by atoms with Crippen molar-refractivity contribution < 1.29 is 4.74 Å². The Morgan fingerprint density at radius 2 is 1.94 bits per heavy atom. The molecule has 0 fully saturated rings. The van der Waals surface area contributed by atoms with Gasteiger partial charge in [-0.25, -0.2) is 0 Å².